The van der Waals surface area contributed by atoms with E-state index >= 15 is 0 Å². The number of nitrogens with one attached hydrogen (secondary N) is 1. The topological polar surface area (TPSA) is 66.0 Å². The van der Waals surface area contributed by atoms with Crippen molar-refractivity contribution in [1.29, 1.82) is 0 Å². The number of hydrogen-bond donors (Lipinski definition) is 1. The number of hydroxylamine groups is 1. The summed E-state index contributed by atoms with van der Waals surface area (Å²) >= 11 is 0. The fourth-order valence-corrected chi connectivity index (χ4v) is 5.11. The standard InChI is InChI=1S/C16H22NO5P/c1-3-20-23(18,21-4-2)15-13-10-11-19-16(13)22-17-14(15)12-8-6-5-7-9-12/h5-9,13,16-17H,3-4,10-11H2,1-2H3/t13-,16+/m1/s1. The maximum Gasteiger partial charge on any atom is 0.359 e. The monoisotopic (exact) mass is 339 g/mol. The molecule has 2 aliphatic heterocycles. The Kier molecular flexibility index (Phi) is 5.19. The Labute approximate surface area is 136 Å². The summed E-state index contributed by atoms with van der Waals surface area (Å²) in [7, 11) is -3.43. The second-order valence-corrected chi connectivity index (χ2v) is 7.31. The second kappa shape index (κ2) is 7.16. The third-order valence-electron chi connectivity index (χ3n) is 3.88. The van der Waals surface area contributed by atoms with E-state index in [4.69, 9.17) is 18.6 Å². The van der Waals surface area contributed by atoms with E-state index in [0.29, 0.717) is 30.8 Å². The molecule has 0 amide bonds. The zero-order valence-electron chi connectivity index (χ0n) is 13.4. The first kappa shape index (κ1) is 16.7. The number of benzene rings is 1. The molecule has 7 heteroatoms. The van der Waals surface area contributed by atoms with Crippen LogP contribution < -0.4 is 5.48 Å². The van der Waals surface area contributed by atoms with Gasteiger partial charge in [0.25, 0.3) is 0 Å². The van der Waals surface area contributed by atoms with Crippen LogP contribution in [0.25, 0.3) is 5.70 Å². The van der Waals surface area contributed by atoms with E-state index in [2.05, 4.69) is 5.48 Å². The molecule has 0 unspecified atom stereocenters. The fraction of sp³-hybridized carbons (Fsp3) is 0.500. The Morgan fingerprint density at radius 1 is 1.22 bits per heavy atom. The molecule has 1 aromatic carbocycles. The minimum Gasteiger partial charge on any atom is -0.350 e. The molecule has 0 aliphatic carbocycles. The Morgan fingerprint density at radius 3 is 2.57 bits per heavy atom. The summed E-state index contributed by atoms with van der Waals surface area (Å²) < 4.78 is 30.2. The number of rotatable bonds is 6. The molecular formula is C16H22NO5P. The van der Waals surface area contributed by atoms with Crippen LogP contribution in [0.1, 0.15) is 25.8 Å². The van der Waals surface area contributed by atoms with Gasteiger partial charge < -0.3 is 13.8 Å². The van der Waals surface area contributed by atoms with Crippen molar-refractivity contribution < 1.29 is 23.2 Å². The van der Waals surface area contributed by atoms with Crippen molar-refractivity contribution >= 4 is 13.3 Å². The van der Waals surface area contributed by atoms with E-state index < -0.39 is 13.9 Å². The summed E-state index contributed by atoms with van der Waals surface area (Å²) in [6.45, 7) is 4.79. The predicted molar refractivity (Wildman–Crippen MR) is 86.3 cm³/mol. The molecule has 0 spiro atoms. The highest BCUT2D eigenvalue weighted by molar-refractivity contribution is 7.58. The van der Waals surface area contributed by atoms with E-state index in [-0.39, 0.29) is 5.92 Å². The number of hydrogen-bond acceptors (Lipinski definition) is 6. The molecule has 2 heterocycles. The highest BCUT2D eigenvalue weighted by atomic mass is 31.2. The first-order valence-corrected chi connectivity index (χ1v) is 9.46. The van der Waals surface area contributed by atoms with Gasteiger partial charge in [-0.1, -0.05) is 30.3 Å². The molecule has 1 aromatic rings. The van der Waals surface area contributed by atoms with Gasteiger partial charge in [0.2, 0.25) is 0 Å². The molecule has 126 valence electrons. The zero-order valence-corrected chi connectivity index (χ0v) is 14.3. The lowest BCUT2D eigenvalue weighted by Gasteiger charge is -2.33. The van der Waals surface area contributed by atoms with Gasteiger partial charge in [-0.3, -0.25) is 10.0 Å². The average Bonchev–Trinajstić information content (AvgIpc) is 3.03. The molecule has 23 heavy (non-hydrogen) atoms. The minimum atomic E-state index is -3.43. The Balaban J connectivity index is 2.13. The van der Waals surface area contributed by atoms with E-state index in [1.807, 2.05) is 44.2 Å². The highest BCUT2D eigenvalue weighted by Gasteiger charge is 2.47. The first-order chi connectivity index (χ1) is 11.2. The molecule has 1 fully saturated rings. The first-order valence-electron chi connectivity index (χ1n) is 7.92. The summed E-state index contributed by atoms with van der Waals surface area (Å²) in [6, 6.07) is 9.64. The molecule has 2 atom stereocenters. The number of fused-ring (bicyclic) bond motifs is 1. The maximum absolute atomic E-state index is 13.4. The second-order valence-electron chi connectivity index (χ2n) is 5.31. The third-order valence-corrected chi connectivity index (χ3v) is 6.22. The quantitative estimate of drug-likeness (QED) is 0.800. The Bertz CT molecular complexity index is 608. The molecular weight excluding hydrogens is 317 g/mol. The average molecular weight is 339 g/mol. The van der Waals surface area contributed by atoms with Crippen LogP contribution in [0.4, 0.5) is 0 Å². The van der Waals surface area contributed by atoms with Crippen molar-refractivity contribution in [2.45, 2.75) is 26.6 Å². The summed E-state index contributed by atoms with van der Waals surface area (Å²) in [6.07, 6.45) is 0.258. The molecule has 0 aromatic heterocycles. The van der Waals surface area contributed by atoms with Crippen LogP contribution in [0.2, 0.25) is 0 Å². The zero-order chi connectivity index (χ0) is 16.3. The van der Waals surface area contributed by atoms with Gasteiger partial charge in [0.15, 0.2) is 6.29 Å². The van der Waals surface area contributed by atoms with Crippen LogP contribution in [0.5, 0.6) is 0 Å². The van der Waals surface area contributed by atoms with Gasteiger partial charge in [-0.15, -0.1) is 0 Å². The highest BCUT2D eigenvalue weighted by Crippen LogP contribution is 2.63. The van der Waals surface area contributed by atoms with Gasteiger partial charge in [0.05, 0.1) is 30.8 Å². The summed E-state index contributed by atoms with van der Waals surface area (Å²) in [5.74, 6) is -0.143. The van der Waals surface area contributed by atoms with E-state index in [0.717, 1.165) is 12.0 Å². The van der Waals surface area contributed by atoms with Crippen molar-refractivity contribution in [3.8, 4) is 0 Å². The Hall–Kier alpha value is -1.17. The minimum absolute atomic E-state index is 0.143. The lowest BCUT2D eigenvalue weighted by molar-refractivity contribution is -0.158. The third kappa shape index (κ3) is 3.23. The van der Waals surface area contributed by atoms with Gasteiger partial charge in [-0.25, -0.2) is 4.84 Å². The molecule has 6 nitrogen and oxygen atoms in total. The molecule has 0 saturated carbocycles. The molecule has 0 bridgehead atoms. The fourth-order valence-electron chi connectivity index (χ4n) is 2.97. The van der Waals surface area contributed by atoms with Crippen molar-refractivity contribution in [2.75, 3.05) is 19.8 Å². The molecule has 2 aliphatic rings. The molecule has 1 saturated heterocycles. The maximum atomic E-state index is 13.4. The summed E-state index contributed by atoms with van der Waals surface area (Å²) in [4.78, 5) is 5.59. The van der Waals surface area contributed by atoms with Crippen LogP contribution in [-0.4, -0.2) is 26.1 Å². The van der Waals surface area contributed by atoms with Gasteiger partial charge in [-0.2, -0.15) is 0 Å². The SMILES string of the molecule is CCOP(=O)(OCC)C1=C(c2ccccc2)NO[C@@H]2OCC[C@H]12. The summed E-state index contributed by atoms with van der Waals surface area (Å²) in [5, 5.41) is 0.626. The van der Waals surface area contributed by atoms with E-state index in [9.17, 15) is 4.57 Å². The normalized spacial score (nSPS) is 24.4. The van der Waals surface area contributed by atoms with Crippen molar-refractivity contribution in [3.63, 3.8) is 0 Å². The van der Waals surface area contributed by atoms with Gasteiger partial charge in [-0.05, 0) is 20.3 Å². The van der Waals surface area contributed by atoms with Gasteiger partial charge >= 0.3 is 7.60 Å². The predicted octanol–water partition coefficient (Wildman–Crippen LogP) is 3.52. The number of ether oxygens (including phenoxy) is 1. The van der Waals surface area contributed by atoms with Crippen LogP contribution in [0.3, 0.4) is 0 Å². The largest absolute Gasteiger partial charge is 0.359 e. The van der Waals surface area contributed by atoms with Crippen LogP contribution in [-0.2, 0) is 23.2 Å². The lowest BCUT2D eigenvalue weighted by Crippen LogP contribution is -2.35. The van der Waals surface area contributed by atoms with Gasteiger partial charge in [0.1, 0.15) is 0 Å². The van der Waals surface area contributed by atoms with Crippen LogP contribution in [0, 0.1) is 5.92 Å². The van der Waals surface area contributed by atoms with Crippen molar-refractivity contribution in [1.82, 2.24) is 5.48 Å². The van der Waals surface area contributed by atoms with Gasteiger partial charge in [0, 0.05) is 11.5 Å². The molecule has 0 radical (unpaired) electrons. The van der Waals surface area contributed by atoms with Crippen molar-refractivity contribution in [3.05, 3.63) is 41.2 Å². The Morgan fingerprint density at radius 2 is 1.91 bits per heavy atom. The molecule has 3 rings (SSSR count). The lowest BCUT2D eigenvalue weighted by atomic mass is 10.0. The molecule has 1 N–H and O–H groups in total. The van der Waals surface area contributed by atoms with Crippen LogP contribution >= 0.6 is 7.60 Å². The van der Waals surface area contributed by atoms with Crippen LogP contribution in [0.15, 0.2) is 35.6 Å². The smallest absolute Gasteiger partial charge is 0.350 e. The van der Waals surface area contributed by atoms with E-state index in [1.54, 1.807) is 0 Å². The van der Waals surface area contributed by atoms with E-state index in [1.165, 1.54) is 0 Å². The van der Waals surface area contributed by atoms with Crippen molar-refractivity contribution in [2.24, 2.45) is 5.92 Å². The summed E-state index contributed by atoms with van der Waals surface area (Å²) in [5.41, 5.74) is 4.44.